The van der Waals surface area contributed by atoms with Gasteiger partial charge in [0.1, 0.15) is 11.3 Å². The Morgan fingerprint density at radius 2 is 2.00 bits per heavy atom. The summed E-state index contributed by atoms with van der Waals surface area (Å²) in [5, 5.41) is 4.19. The van der Waals surface area contributed by atoms with Gasteiger partial charge in [0.25, 0.3) is 5.89 Å². The Morgan fingerprint density at radius 3 is 2.69 bits per heavy atom. The first kappa shape index (κ1) is 19.8. The fraction of sp³-hybridized carbons (Fsp3) is 0.619. The Hall–Kier alpha value is -2.48. The van der Waals surface area contributed by atoms with E-state index in [4.69, 9.17) is 14.0 Å². The highest BCUT2D eigenvalue weighted by atomic mass is 16.6. The summed E-state index contributed by atoms with van der Waals surface area (Å²) in [5.74, 6) is 1.68. The maximum atomic E-state index is 12.2. The molecule has 8 nitrogen and oxygen atoms in total. The first-order valence-electron chi connectivity index (χ1n) is 10.2. The number of ether oxygens (including phenoxy) is 2. The Kier molecular flexibility index (Phi) is 5.54. The zero-order chi connectivity index (χ0) is 20.4. The number of pyridine rings is 1. The molecule has 0 spiro atoms. The van der Waals surface area contributed by atoms with Gasteiger partial charge in [-0.3, -0.25) is 4.98 Å². The molecular weight excluding hydrogens is 372 g/mol. The van der Waals surface area contributed by atoms with E-state index in [1.54, 1.807) is 11.1 Å². The molecule has 2 aromatic rings. The minimum atomic E-state index is -0.483. The summed E-state index contributed by atoms with van der Waals surface area (Å²) in [4.78, 5) is 23.0. The fourth-order valence-corrected chi connectivity index (χ4v) is 3.77. The molecule has 0 radical (unpaired) electrons. The number of piperidine rings is 1. The van der Waals surface area contributed by atoms with E-state index in [-0.39, 0.29) is 12.0 Å². The van der Waals surface area contributed by atoms with Crippen LogP contribution in [-0.2, 0) is 9.47 Å². The van der Waals surface area contributed by atoms with Crippen molar-refractivity contribution in [3.63, 3.8) is 0 Å². The van der Waals surface area contributed by atoms with Crippen molar-refractivity contribution >= 4 is 6.09 Å². The summed E-state index contributed by atoms with van der Waals surface area (Å²) in [7, 11) is 0. The lowest BCUT2D eigenvalue weighted by Crippen LogP contribution is -2.41. The molecule has 0 aromatic carbocycles. The SMILES string of the molecule is CC(C)(C)OC(=O)N1CCC(c2noc(-c3cc(C4CCOC4)ccn3)n2)CC1. The Morgan fingerprint density at radius 1 is 1.21 bits per heavy atom. The second-order valence-corrected chi connectivity index (χ2v) is 8.73. The van der Waals surface area contributed by atoms with Crippen molar-refractivity contribution in [3.8, 4) is 11.6 Å². The molecule has 2 aliphatic heterocycles. The van der Waals surface area contributed by atoms with Gasteiger partial charge in [-0.15, -0.1) is 0 Å². The zero-order valence-electron chi connectivity index (χ0n) is 17.3. The summed E-state index contributed by atoms with van der Waals surface area (Å²) < 4.78 is 16.4. The van der Waals surface area contributed by atoms with Gasteiger partial charge >= 0.3 is 6.09 Å². The first-order valence-corrected chi connectivity index (χ1v) is 10.2. The summed E-state index contributed by atoms with van der Waals surface area (Å²) in [6.45, 7) is 8.42. The van der Waals surface area contributed by atoms with Gasteiger partial charge in [-0.2, -0.15) is 4.98 Å². The molecule has 1 atom stereocenters. The van der Waals surface area contributed by atoms with Crippen molar-refractivity contribution in [1.82, 2.24) is 20.0 Å². The van der Waals surface area contributed by atoms with Gasteiger partial charge in [-0.1, -0.05) is 5.16 Å². The highest BCUT2D eigenvalue weighted by Crippen LogP contribution is 2.30. The minimum absolute atomic E-state index is 0.164. The van der Waals surface area contributed by atoms with Crippen LogP contribution in [0.3, 0.4) is 0 Å². The average molecular weight is 400 g/mol. The van der Waals surface area contributed by atoms with E-state index in [9.17, 15) is 4.79 Å². The van der Waals surface area contributed by atoms with Gasteiger partial charge in [0.15, 0.2) is 5.82 Å². The molecule has 2 aromatic heterocycles. The van der Waals surface area contributed by atoms with Crippen molar-refractivity contribution in [2.24, 2.45) is 0 Å². The summed E-state index contributed by atoms with van der Waals surface area (Å²) in [6, 6.07) is 4.04. The monoisotopic (exact) mass is 400 g/mol. The molecule has 2 aliphatic rings. The maximum absolute atomic E-state index is 12.2. The van der Waals surface area contributed by atoms with Gasteiger partial charge in [-0.25, -0.2) is 4.79 Å². The Labute approximate surface area is 170 Å². The van der Waals surface area contributed by atoms with Crippen molar-refractivity contribution in [2.45, 2.75) is 57.5 Å². The van der Waals surface area contributed by atoms with Gasteiger partial charge in [0.05, 0.1) is 6.61 Å². The third-order valence-corrected chi connectivity index (χ3v) is 5.36. The van der Waals surface area contributed by atoms with Crippen molar-refractivity contribution < 1.29 is 18.8 Å². The third kappa shape index (κ3) is 4.75. The van der Waals surface area contributed by atoms with Crippen LogP contribution in [0.4, 0.5) is 4.79 Å². The molecule has 4 rings (SSSR count). The smallest absolute Gasteiger partial charge is 0.410 e. The number of aromatic nitrogens is 3. The Balaban J connectivity index is 1.39. The van der Waals surface area contributed by atoms with Gasteiger partial charge in [0.2, 0.25) is 0 Å². The second-order valence-electron chi connectivity index (χ2n) is 8.73. The van der Waals surface area contributed by atoms with E-state index in [1.807, 2.05) is 32.9 Å². The second kappa shape index (κ2) is 8.10. The summed E-state index contributed by atoms with van der Waals surface area (Å²) >= 11 is 0. The fourth-order valence-electron chi connectivity index (χ4n) is 3.77. The van der Waals surface area contributed by atoms with E-state index in [1.165, 1.54) is 5.56 Å². The average Bonchev–Trinajstić information content (AvgIpc) is 3.39. The molecule has 2 fully saturated rings. The maximum Gasteiger partial charge on any atom is 0.410 e. The summed E-state index contributed by atoms with van der Waals surface area (Å²) in [6.07, 6.45) is 4.11. The standard InChI is InChI=1S/C21H28N4O4/c1-21(2,3)28-20(26)25-9-5-14(6-10-25)18-23-19(29-24-18)17-12-15(4-8-22-17)16-7-11-27-13-16/h4,8,12,14,16H,5-7,9-11,13H2,1-3H3. The van der Waals surface area contributed by atoms with Crippen LogP contribution in [0, 0.1) is 0 Å². The lowest BCUT2D eigenvalue weighted by molar-refractivity contribution is 0.0203. The number of hydrogen-bond acceptors (Lipinski definition) is 7. The van der Waals surface area contributed by atoms with Crippen LogP contribution in [0.2, 0.25) is 0 Å². The number of carbonyl (C=O) groups is 1. The van der Waals surface area contributed by atoms with E-state index in [0.717, 1.165) is 32.5 Å². The number of rotatable bonds is 3. The van der Waals surface area contributed by atoms with Gasteiger partial charge in [-0.05, 0) is 57.7 Å². The highest BCUT2D eigenvalue weighted by molar-refractivity contribution is 5.68. The molecule has 4 heterocycles. The van der Waals surface area contributed by atoms with E-state index in [2.05, 4.69) is 15.1 Å². The van der Waals surface area contributed by atoms with E-state index in [0.29, 0.717) is 36.4 Å². The lowest BCUT2D eigenvalue weighted by atomic mass is 9.96. The topological polar surface area (TPSA) is 90.6 Å². The van der Waals surface area contributed by atoms with Crippen LogP contribution < -0.4 is 0 Å². The molecule has 8 heteroatoms. The van der Waals surface area contributed by atoms with Crippen molar-refractivity contribution in [1.29, 1.82) is 0 Å². The predicted molar refractivity (Wildman–Crippen MR) is 105 cm³/mol. The van der Waals surface area contributed by atoms with E-state index >= 15 is 0 Å². The number of carbonyl (C=O) groups excluding carboxylic acids is 1. The van der Waals surface area contributed by atoms with Crippen LogP contribution in [0.5, 0.6) is 0 Å². The number of likely N-dealkylation sites (tertiary alicyclic amines) is 1. The van der Waals surface area contributed by atoms with Crippen molar-refractivity contribution in [2.75, 3.05) is 26.3 Å². The Bertz CT molecular complexity index is 846. The quantitative estimate of drug-likeness (QED) is 0.775. The van der Waals surface area contributed by atoms with Crippen LogP contribution >= 0.6 is 0 Å². The number of amides is 1. The minimum Gasteiger partial charge on any atom is -0.444 e. The van der Waals surface area contributed by atoms with Crippen LogP contribution in [-0.4, -0.2) is 58.0 Å². The molecule has 0 N–H and O–H groups in total. The van der Waals surface area contributed by atoms with E-state index < -0.39 is 5.60 Å². The molecule has 1 unspecified atom stereocenters. The molecule has 0 aliphatic carbocycles. The molecule has 2 saturated heterocycles. The first-order chi connectivity index (χ1) is 13.9. The molecule has 0 saturated carbocycles. The molecule has 156 valence electrons. The highest BCUT2D eigenvalue weighted by Gasteiger charge is 2.30. The molecule has 1 amide bonds. The molecular formula is C21H28N4O4. The zero-order valence-corrected chi connectivity index (χ0v) is 17.3. The van der Waals surface area contributed by atoms with Crippen LogP contribution in [0.25, 0.3) is 11.6 Å². The predicted octanol–water partition coefficient (Wildman–Crippen LogP) is 3.75. The van der Waals surface area contributed by atoms with Gasteiger partial charge in [0, 0.05) is 37.7 Å². The third-order valence-electron chi connectivity index (χ3n) is 5.36. The van der Waals surface area contributed by atoms with Crippen LogP contribution in [0.15, 0.2) is 22.9 Å². The molecule has 29 heavy (non-hydrogen) atoms. The molecule has 0 bridgehead atoms. The lowest BCUT2D eigenvalue weighted by Gasteiger charge is -2.32. The summed E-state index contributed by atoms with van der Waals surface area (Å²) in [5.41, 5.74) is 1.40. The van der Waals surface area contributed by atoms with Crippen molar-refractivity contribution in [3.05, 3.63) is 29.7 Å². The largest absolute Gasteiger partial charge is 0.444 e. The van der Waals surface area contributed by atoms with Gasteiger partial charge < -0.3 is 18.9 Å². The number of nitrogens with zero attached hydrogens (tertiary/aromatic N) is 4. The number of hydrogen-bond donors (Lipinski definition) is 0. The normalized spacial score (nSPS) is 20.8. The van der Waals surface area contributed by atoms with Crippen LogP contribution in [0.1, 0.15) is 63.3 Å².